The molecule has 0 aromatic carbocycles. The summed E-state index contributed by atoms with van der Waals surface area (Å²) in [6.07, 6.45) is 0.235. The minimum atomic E-state index is -5.08. The molecule has 0 atom stereocenters. The van der Waals surface area contributed by atoms with Gasteiger partial charge in [0.1, 0.15) is 5.69 Å². The number of carboxylic acids is 1. The van der Waals surface area contributed by atoms with E-state index in [1.165, 1.54) is 0 Å². The van der Waals surface area contributed by atoms with Crippen molar-refractivity contribution in [2.75, 3.05) is 33.7 Å². The van der Waals surface area contributed by atoms with Crippen LogP contribution in [0.4, 0.5) is 18.0 Å². The van der Waals surface area contributed by atoms with Crippen LogP contribution >= 0.6 is 0 Å². The van der Waals surface area contributed by atoms with E-state index in [4.69, 9.17) is 15.0 Å². The molecule has 1 spiro atoms. The summed E-state index contributed by atoms with van der Waals surface area (Å²) in [6.45, 7) is 6.70. The molecule has 2 aliphatic rings. The Bertz CT molecular complexity index is 1130. The molecule has 0 unspecified atom stereocenters. The van der Waals surface area contributed by atoms with Crippen molar-refractivity contribution in [3.63, 3.8) is 0 Å². The van der Waals surface area contributed by atoms with Crippen LogP contribution in [0, 0.1) is 0 Å². The first-order valence-corrected chi connectivity index (χ1v) is 11.8. The zero-order chi connectivity index (χ0) is 27.5. The number of pyridine rings is 1. The lowest BCUT2D eigenvalue weighted by molar-refractivity contribution is -0.192. The lowest BCUT2D eigenvalue weighted by atomic mass is 9.72. The largest absolute Gasteiger partial charge is 0.490 e. The second-order valence-corrected chi connectivity index (χ2v) is 9.70. The number of hydrogen-bond donors (Lipinski definition) is 1. The van der Waals surface area contributed by atoms with Crippen LogP contribution in [-0.2, 0) is 16.8 Å². The van der Waals surface area contributed by atoms with E-state index >= 15 is 0 Å². The highest BCUT2D eigenvalue weighted by Gasteiger charge is 2.46. The van der Waals surface area contributed by atoms with Crippen LogP contribution in [0.15, 0.2) is 30.6 Å². The van der Waals surface area contributed by atoms with Crippen LogP contribution in [-0.4, -0.2) is 92.4 Å². The van der Waals surface area contributed by atoms with E-state index in [9.17, 15) is 22.8 Å². The normalized spacial score (nSPS) is 16.6. The summed E-state index contributed by atoms with van der Waals surface area (Å²) in [5.41, 5.74) is 2.43. The third kappa shape index (κ3) is 6.20. The molecule has 13 heteroatoms. The number of amides is 3. The quantitative estimate of drug-likeness (QED) is 0.646. The zero-order valence-corrected chi connectivity index (χ0v) is 21.2. The van der Waals surface area contributed by atoms with Gasteiger partial charge < -0.3 is 19.8 Å². The number of fused-ring (bicyclic) bond motifs is 2. The first-order chi connectivity index (χ1) is 17.2. The number of hydrogen-bond acceptors (Lipinski definition) is 5. The number of alkyl halides is 3. The molecule has 2 aromatic rings. The number of aromatic nitrogens is 3. The SMILES string of the molecule is CC(C)n1cc2c(n1)C1(CCN(C(=O)N(C)C)CC1)CN(C(=O)c1ccccn1)C2.O=C(O)C(F)(F)F. The van der Waals surface area contributed by atoms with Crippen LogP contribution in [0.1, 0.15) is 54.5 Å². The maximum atomic E-state index is 13.2. The molecule has 4 rings (SSSR count). The minimum Gasteiger partial charge on any atom is -0.475 e. The standard InChI is InChI=1S/C22H30N6O2.C2HF3O2/c1-16(2)28-14-17-13-27(20(29)18-7-5-6-10-23-18)15-22(19(17)24-28)8-11-26(12-9-22)21(30)25(3)4;3-2(4,5)1(6)7/h5-7,10,14,16H,8-9,11-13,15H2,1-4H3;(H,6,7). The van der Waals surface area contributed by atoms with Gasteiger partial charge in [0.05, 0.1) is 5.69 Å². The van der Waals surface area contributed by atoms with Crippen LogP contribution in [0.2, 0.25) is 0 Å². The highest BCUT2D eigenvalue weighted by molar-refractivity contribution is 5.92. The van der Waals surface area contributed by atoms with Crippen molar-refractivity contribution in [3.8, 4) is 0 Å². The smallest absolute Gasteiger partial charge is 0.475 e. The third-order valence-corrected chi connectivity index (χ3v) is 6.48. The zero-order valence-electron chi connectivity index (χ0n) is 21.2. The highest BCUT2D eigenvalue weighted by Crippen LogP contribution is 2.41. The molecule has 1 fully saturated rings. The van der Waals surface area contributed by atoms with E-state index in [1.54, 1.807) is 31.3 Å². The maximum absolute atomic E-state index is 13.2. The van der Waals surface area contributed by atoms with Crippen molar-refractivity contribution in [2.24, 2.45) is 0 Å². The number of urea groups is 1. The molecule has 3 amide bonds. The van der Waals surface area contributed by atoms with Gasteiger partial charge in [-0.25, -0.2) is 9.59 Å². The van der Waals surface area contributed by atoms with Gasteiger partial charge in [-0.1, -0.05) is 6.07 Å². The van der Waals surface area contributed by atoms with Gasteiger partial charge in [-0.2, -0.15) is 18.3 Å². The summed E-state index contributed by atoms with van der Waals surface area (Å²) in [5, 5.41) is 12.1. The minimum absolute atomic E-state index is 0.0370. The maximum Gasteiger partial charge on any atom is 0.490 e. The summed E-state index contributed by atoms with van der Waals surface area (Å²) in [7, 11) is 3.56. The number of piperidine rings is 1. The van der Waals surface area contributed by atoms with E-state index in [2.05, 4.69) is 25.0 Å². The van der Waals surface area contributed by atoms with Gasteiger partial charge in [0, 0.05) is 69.7 Å². The number of carbonyl (C=O) groups excluding carboxylic acids is 2. The first-order valence-electron chi connectivity index (χ1n) is 11.8. The number of rotatable bonds is 2. The predicted octanol–water partition coefficient (Wildman–Crippen LogP) is 3.16. The fourth-order valence-electron chi connectivity index (χ4n) is 4.56. The topological polar surface area (TPSA) is 112 Å². The van der Waals surface area contributed by atoms with Gasteiger partial charge in [-0.05, 0) is 38.8 Å². The summed E-state index contributed by atoms with van der Waals surface area (Å²) in [6, 6.07) is 5.71. The van der Waals surface area contributed by atoms with Crippen molar-refractivity contribution in [1.29, 1.82) is 0 Å². The van der Waals surface area contributed by atoms with Crippen LogP contribution < -0.4 is 0 Å². The van der Waals surface area contributed by atoms with E-state index in [-0.39, 0.29) is 23.4 Å². The third-order valence-electron chi connectivity index (χ3n) is 6.48. The lowest BCUT2D eigenvalue weighted by Gasteiger charge is -2.46. The number of nitrogens with zero attached hydrogens (tertiary/aromatic N) is 6. The van der Waals surface area contributed by atoms with E-state index in [0.717, 1.165) is 24.1 Å². The number of carbonyl (C=O) groups is 3. The Morgan fingerprint density at radius 1 is 1.11 bits per heavy atom. The van der Waals surface area contributed by atoms with Gasteiger partial charge in [0.15, 0.2) is 0 Å². The van der Waals surface area contributed by atoms with Crippen molar-refractivity contribution in [3.05, 3.63) is 47.5 Å². The van der Waals surface area contributed by atoms with Gasteiger partial charge >= 0.3 is 18.2 Å². The number of carboxylic acid groups (broad SMARTS) is 1. The molecular weight excluding hydrogens is 493 g/mol. The number of likely N-dealkylation sites (tertiary alicyclic amines) is 1. The molecule has 37 heavy (non-hydrogen) atoms. The molecule has 1 saturated heterocycles. The Hall–Kier alpha value is -3.64. The van der Waals surface area contributed by atoms with Gasteiger partial charge in [0.2, 0.25) is 0 Å². The second kappa shape index (κ2) is 10.8. The number of halogens is 3. The summed E-state index contributed by atoms with van der Waals surface area (Å²) >= 11 is 0. The van der Waals surface area contributed by atoms with Crippen molar-refractivity contribution < 1.29 is 32.7 Å². The molecule has 2 aliphatic heterocycles. The fourth-order valence-corrected chi connectivity index (χ4v) is 4.56. The number of aliphatic carboxylic acids is 1. The Morgan fingerprint density at radius 3 is 2.22 bits per heavy atom. The highest BCUT2D eigenvalue weighted by atomic mass is 19.4. The van der Waals surface area contributed by atoms with Crippen molar-refractivity contribution in [2.45, 2.75) is 50.9 Å². The average molecular weight is 525 g/mol. The van der Waals surface area contributed by atoms with E-state index in [1.807, 2.05) is 26.6 Å². The van der Waals surface area contributed by atoms with Gasteiger partial charge in [-0.15, -0.1) is 0 Å². The molecule has 2 aromatic heterocycles. The summed E-state index contributed by atoms with van der Waals surface area (Å²) in [4.78, 5) is 44.2. The van der Waals surface area contributed by atoms with Crippen LogP contribution in [0.5, 0.6) is 0 Å². The molecule has 1 N–H and O–H groups in total. The van der Waals surface area contributed by atoms with Crippen molar-refractivity contribution >= 4 is 17.9 Å². The molecule has 0 bridgehead atoms. The van der Waals surface area contributed by atoms with E-state index in [0.29, 0.717) is 31.9 Å². The Balaban J connectivity index is 0.000000479. The van der Waals surface area contributed by atoms with Crippen LogP contribution in [0.25, 0.3) is 0 Å². The first kappa shape index (κ1) is 27.9. The molecule has 202 valence electrons. The molecule has 0 radical (unpaired) electrons. The lowest BCUT2D eigenvalue weighted by Crippen LogP contribution is -2.55. The van der Waals surface area contributed by atoms with E-state index < -0.39 is 12.1 Å². The summed E-state index contributed by atoms with van der Waals surface area (Å²) < 4.78 is 33.7. The monoisotopic (exact) mass is 524 g/mol. The molecule has 10 nitrogen and oxygen atoms in total. The molecule has 0 saturated carbocycles. The van der Waals surface area contributed by atoms with Crippen LogP contribution in [0.3, 0.4) is 0 Å². The molecule has 4 heterocycles. The van der Waals surface area contributed by atoms with Gasteiger partial charge in [0.25, 0.3) is 5.91 Å². The second-order valence-electron chi connectivity index (χ2n) is 9.70. The van der Waals surface area contributed by atoms with Gasteiger partial charge in [-0.3, -0.25) is 14.5 Å². The fraction of sp³-hybridized carbons (Fsp3) is 0.542. The summed E-state index contributed by atoms with van der Waals surface area (Å²) in [5.74, 6) is -2.81. The Kier molecular flexibility index (Phi) is 8.13. The predicted molar refractivity (Wildman–Crippen MR) is 127 cm³/mol. The molecular formula is C24H31F3N6O4. The Labute approximate surface area is 212 Å². The molecule has 0 aliphatic carbocycles. The van der Waals surface area contributed by atoms with Crippen molar-refractivity contribution in [1.82, 2.24) is 29.5 Å². The average Bonchev–Trinajstić information content (AvgIpc) is 3.30. The Morgan fingerprint density at radius 2 is 1.73 bits per heavy atom.